The predicted molar refractivity (Wildman–Crippen MR) is 114 cm³/mol. The van der Waals surface area contributed by atoms with Crippen LogP contribution < -0.4 is 4.83 Å². The molecule has 0 aliphatic rings. The molecule has 0 bridgehead atoms. The quantitative estimate of drug-likeness (QED) is 0.385. The van der Waals surface area contributed by atoms with E-state index in [4.69, 9.17) is 11.6 Å². The Balaban J connectivity index is 1.74. The number of nitrogens with zero attached hydrogens (tertiary/aromatic N) is 2. The van der Waals surface area contributed by atoms with Crippen molar-refractivity contribution in [2.24, 2.45) is 0 Å². The van der Waals surface area contributed by atoms with E-state index < -0.39 is 21.9 Å². The zero-order chi connectivity index (χ0) is 22.2. The van der Waals surface area contributed by atoms with Crippen LogP contribution in [0.2, 0.25) is 4.34 Å². The number of hydrogen-bond donors (Lipinski definition) is 1. The van der Waals surface area contributed by atoms with Crippen LogP contribution in [0.15, 0.2) is 77.7 Å². The molecule has 2 aromatic heterocycles. The molecule has 2 aromatic carbocycles. The molecule has 0 radical (unpaired) electrons. The molecule has 160 valence electrons. The van der Waals surface area contributed by atoms with Crippen molar-refractivity contribution in [3.63, 3.8) is 0 Å². The average molecular weight is 484 g/mol. The lowest BCUT2D eigenvalue weighted by atomic mass is 10.1. The van der Waals surface area contributed by atoms with Crippen molar-refractivity contribution in [3.05, 3.63) is 82.8 Å². The Labute approximate surface area is 184 Å². The molecule has 0 amide bonds. The van der Waals surface area contributed by atoms with Gasteiger partial charge in [-0.25, -0.2) is 0 Å². The maximum Gasteiger partial charge on any atom is 0.435 e. The molecule has 0 atom stereocenters. The minimum Gasteiger partial charge on any atom is -0.200 e. The molecule has 0 spiro atoms. The Kier molecular flexibility index (Phi) is 5.54. The second-order valence-corrected chi connectivity index (χ2v) is 9.79. The molecule has 4 rings (SSSR count). The number of sulfonamides is 1. The normalized spacial score (nSPS) is 12.1. The van der Waals surface area contributed by atoms with Crippen molar-refractivity contribution >= 4 is 33.0 Å². The molecule has 0 aliphatic heterocycles. The van der Waals surface area contributed by atoms with Gasteiger partial charge in [-0.2, -0.15) is 31.2 Å². The van der Waals surface area contributed by atoms with Gasteiger partial charge < -0.3 is 0 Å². The first-order valence-corrected chi connectivity index (χ1v) is 11.4. The van der Waals surface area contributed by atoms with E-state index in [0.29, 0.717) is 14.7 Å². The number of hydrogen-bond acceptors (Lipinski definition) is 4. The number of halogens is 4. The highest BCUT2D eigenvalue weighted by Crippen LogP contribution is 2.34. The number of thiophene rings is 1. The Hall–Kier alpha value is -2.82. The Morgan fingerprint density at radius 1 is 0.935 bits per heavy atom. The number of nitrogens with one attached hydrogen (secondary N) is 1. The van der Waals surface area contributed by atoms with Crippen molar-refractivity contribution in [3.8, 4) is 21.7 Å². The van der Waals surface area contributed by atoms with E-state index in [9.17, 15) is 21.6 Å². The van der Waals surface area contributed by atoms with Crippen molar-refractivity contribution in [1.82, 2.24) is 9.89 Å². The molecule has 11 heteroatoms. The Morgan fingerprint density at radius 2 is 1.58 bits per heavy atom. The Morgan fingerprint density at radius 3 is 2.16 bits per heavy atom. The molecule has 2 heterocycles. The van der Waals surface area contributed by atoms with Crippen LogP contribution in [0, 0.1) is 0 Å². The van der Waals surface area contributed by atoms with Crippen LogP contribution in [0.1, 0.15) is 5.69 Å². The van der Waals surface area contributed by atoms with Gasteiger partial charge in [-0.15, -0.1) is 16.4 Å². The largest absolute Gasteiger partial charge is 0.435 e. The second kappa shape index (κ2) is 8.03. The highest BCUT2D eigenvalue weighted by atomic mass is 35.5. The van der Waals surface area contributed by atoms with Crippen LogP contribution in [-0.2, 0) is 16.2 Å². The fourth-order valence-electron chi connectivity index (χ4n) is 2.84. The van der Waals surface area contributed by atoms with Crippen LogP contribution in [0.5, 0.6) is 0 Å². The lowest BCUT2D eigenvalue weighted by molar-refractivity contribution is -0.141. The number of benzene rings is 2. The standard InChI is InChI=1S/C20H13ClF3N3O2S2/c21-19-11-10-17(30-19)14-8-6-13(7-9-14)16-12-18(20(22,23)24)25-27(16)26-31(28,29)15-4-2-1-3-5-15/h1-12,26H. The summed E-state index contributed by atoms with van der Waals surface area (Å²) in [5.74, 6) is 0. The number of aromatic nitrogens is 2. The summed E-state index contributed by atoms with van der Waals surface area (Å²) >= 11 is 7.32. The van der Waals surface area contributed by atoms with Gasteiger partial charge in [0.05, 0.1) is 14.9 Å². The van der Waals surface area contributed by atoms with E-state index in [1.165, 1.54) is 35.6 Å². The maximum atomic E-state index is 13.3. The van der Waals surface area contributed by atoms with E-state index in [0.717, 1.165) is 16.5 Å². The summed E-state index contributed by atoms with van der Waals surface area (Å²) in [5.41, 5.74) is -0.0900. The fraction of sp³-hybridized carbons (Fsp3) is 0.0500. The highest BCUT2D eigenvalue weighted by molar-refractivity contribution is 7.92. The molecule has 5 nitrogen and oxygen atoms in total. The molecule has 0 aliphatic carbocycles. The first-order valence-electron chi connectivity index (χ1n) is 8.75. The lowest BCUT2D eigenvalue weighted by Crippen LogP contribution is -2.25. The van der Waals surface area contributed by atoms with E-state index in [-0.39, 0.29) is 10.6 Å². The molecule has 4 aromatic rings. The van der Waals surface area contributed by atoms with Crippen molar-refractivity contribution in [2.45, 2.75) is 11.1 Å². The third-order valence-corrected chi connectivity index (χ3v) is 6.88. The number of alkyl halides is 3. The van der Waals surface area contributed by atoms with Gasteiger partial charge in [-0.3, -0.25) is 0 Å². The molecule has 0 fully saturated rings. The van der Waals surface area contributed by atoms with Crippen molar-refractivity contribution in [1.29, 1.82) is 0 Å². The molecule has 31 heavy (non-hydrogen) atoms. The zero-order valence-corrected chi connectivity index (χ0v) is 17.9. The number of rotatable bonds is 5. The van der Waals surface area contributed by atoms with Crippen LogP contribution in [0.4, 0.5) is 13.2 Å². The molecule has 1 N–H and O–H groups in total. The van der Waals surface area contributed by atoms with Gasteiger partial charge in [0.2, 0.25) is 0 Å². The van der Waals surface area contributed by atoms with Crippen LogP contribution in [0.3, 0.4) is 0 Å². The summed E-state index contributed by atoms with van der Waals surface area (Å²) in [6, 6.07) is 18.3. The molecule has 0 saturated carbocycles. The topological polar surface area (TPSA) is 64.0 Å². The van der Waals surface area contributed by atoms with Gasteiger partial charge in [0.1, 0.15) is 0 Å². The molecule has 0 saturated heterocycles. The summed E-state index contributed by atoms with van der Waals surface area (Å²) in [5, 5.41) is 3.44. The summed E-state index contributed by atoms with van der Waals surface area (Å²) in [6.45, 7) is 0. The third kappa shape index (κ3) is 4.60. The smallest absolute Gasteiger partial charge is 0.200 e. The van der Waals surface area contributed by atoms with Gasteiger partial charge in [-0.05, 0) is 35.9 Å². The van der Waals surface area contributed by atoms with Gasteiger partial charge in [-0.1, -0.05) is 54.1 Å². The summed E-state index contributed by atoms with van der Waals surface area (Å²) in [4.78, 5) is 3.53. The van der Waals surface area contributed by atoms with E-state index in [1.54, 1.807) is 36.4 Å². The Bertz CT molecular complexity index is 1320. The van der Waals surface area contributed by atoms with Crippen LogP contribution in [0.25, 0.3) is 21.7 Å². The summed E-state index contributed by atoms with van der Waals surface area (Å²) in [7, 11) is -4.15. The SMILES string of the molecule is O=S(=O)(Nn1nc(C(F)(F)F)cc1-c1ccc(-c2ccc(Cl)s2)cc1)c1ccccc1. The highest BCUT2D eigenvalue weighted by Gasteiger charge is 2.35. The first kappa shape index (κ1) is 21.4. The molecule has 0 unspecified atom stereocenters. The first-order chi connectivity index (χ1) is 14.6. The zero-order valence-electron chi connectivity index (χ0n) is 15.5. The minimum atomic E-state index is -4.74. The van der Waals surface area contributed by atoms with Crippen LogP contribution in [-0.4, -0.2) is 18.3 Å². The summed E-state index contributed by atoms with van der Waals surface area (Å²) in [6.07, 6.45) is -4.74. The van der Waals surface area contributed by atoms with E-state index >= 15 is 0 Å². The van der Waals surface area contributed by atoms with Gasteiger partial charge in [0.15, 0.2) is 5.69 Å². The molecular weight excluding hydrogens is 471 g/mol. The summed E-state index contributed by atoms with van der Waals surface area (Å²) < 4.78 is 65.7. The fourth-order valence-corrected chi connectivity index (χ4v) is 4.87. The van der Waals surface area contributed by atoms with Gasteiger partial charge in [0, 0.05) is 10.4 Å². The minimum absolute atomic E-state index is 0.0532. The monoisotopic (exact) mass is 483 g/mol. The van der Waals surface area contributed by atoms with Crippen molar-refractivity contribution in [2.75, 3.05) is 4.83 Å². The second-order valence-electron chi connectivity index (χ2n) is 6.41. The van der Waals surface area contributed by atoms with E-state index in [1.807, 2.05) is 6.07 Å². The van der Waals surface area contributed by atoms with Gasteiger partial charge >= 0.3 is 6.18 Å². The maximum absolute atomic E-state index is 13.3. The average Bonchev–Trinajstić information content (AvgIpc) is 3.35. The van der Waals surface area contributed by atoms with Gasteiger partial charge in [0.25, 0.3) is 10.0 Å². The van der Waals surface area contributed by atoms with E-state index in [2.05, 4.69) is 9.93 Å². The third-order valence-electron chi connectivity index (χ3n) is 4.30. The predicted octanol–water partition coefficient (Wildman–Crippen LogP) is 5.88. The van der Waals surface area contributed by atoms with Crippen LogP contribution >= 0.6 is 22.9 Å². The van der Waals surface area contributed by atoms with Crippen molar-refractivity contribution < 1.29 is 21.6 Å². The lowest BCUT2D eigenvalue weighted by Gasteiger charge is -2.11. The molecular formula is C20H13ClF3N3O2S2.